The van der Waals surface area contributed by atoms with Crippen LogP contribution in [-0.4, -0.2) is 25.9 Å². The van der Waals surface area contributed by atoms with Gasteiger partial charge in [0.2, 0.25) is 0 Å². The number of pyridine rings is 2. The highest BCUT2D eigenvalue weighted by Gasteiger charge is 2.19. The summed E-state index contributed by atoms with van der Waals surface area (Å²) in [6.07, 6.45) is 10.8. The first-order valence-corrected chi connectivity index (χ1v) is 12.6. The zero-order valence-corrected chi connectivity index (χ0v) is 19.8. The van der Waals surface area contributed by atoms with Crippen LogP contribution in [0.3, 0.4) is 0 Å². The molecule has 5 nitrogen and oxygen atoms in total. The third kappa shape index (κ3) is 4.34. The van der Waals surface area contributed by atoms with Crippen molar-refractivity contribution >= 4 is 11.8 Å². The van der Waals surface area contributed by atoms with Crippen molar-refractivity contribution in [1.82, 2.24) is 20.2 Å². The molecule has 0 unspecified atom stereocenters. The van der Waals surface area contributed by atoms with E-state index in [9.17, 15) is 0 Å². The molecule has 0 aliphatic heterocycles. The Balaban J connectivity index is 1.38. The molecular formula is C30H29N5. The number of aromatic amines is 1. The van der Waals surface area contributed by atoms with Crippen LogP contribution in [0.25, 0.3) is 40.0 Å². The summed E-state index contributed by atoms with van der Waals surface area (Å²) < 4.78 is 0. The van der Waals surface area contributed by atoms with Crippen molar-refractivity contribution in [2.45, 2.75) is 51.4 Å². The van der Waals surface area contributed by atoms with Crippen LogP contribution >= 0.6 is 0 Å². The first-order chi connectivity index (χ1) is 17.3. The lowest BCUT2D eigenvalue weighted by Gasteiger charge is -2.15. The van der Waals surface area contributed by atoms with Gasteiger partial charge in [0, 0.05) is 28.1 Å². The molecule has 4 aromatic rings. The molecule has 0 radical (unpaired) electrons. The minimum Gasteiger partial charge on any atom is -0.305 e. The number of aryl methyl sites for hydroxylation is 1. The van der Waals surface area contributed by atoms with E-state index in [0.29, 0.717) is 0 Å². The SMILES string of the molecule is N=C1CCCC/C1=C\c1cccc(-c2ccccc2-c2cccc(-c3n[nH]c4c3CCCC4)n2)n1. The van der Waals surface area contributed by atoms with Crippen LogP contribution in [-0.2, 0) is 12.8 Å². The minimum absolute atomic E-state index is 0.755. The Hall–Kier alpha value is -3.86. The monoisotopic (exact) mass is 459 g/mol. The van der Waals surface area contributed by atoms with E-state index in [1.165, 1.54) is 24.1 Å². The number of nitrogens with zero attached hydrogens (tertiary/aromatic N) is 3. The van der Waals surface area contributed by atoms with Crippen molar-refractivity contribution in [3.05, 3.63) is 83.2 Å². The molecule has 2 N–H and O–H groups in total. The average molecular weight is 460 g/mol. The maximum atomic E-state index is 8.29. The number of hydrogen-bond acceptors (Lipinski definition) is 4. The Kier molecular flexibility index (Phi) is 5.83. The fourth-order valence-corrected chi connectivity index (χ4v) is 5.29. The Morgan fingerprint density at radius 1 is 0.686 bits per heavy atom. The lowest BCUT2D eigenvalue weighted by atomic mass is 9.92. The van der Waals surface area contributed by atoms with Gasteiger partial charge in [-0.2, -0.15) is 5.10 Å². The molecule has 3 aromatic heterocycles. The first-order valence-electron chi connectivity index (χ1n) is 12.6. The third-order valence-corrected chi connectivity index (χ3v) is 7.13. The molecule has 0 spiro atoms. The van der Waals surface area contributed by atoms with E-state index in [1.807, 2.05) is 6.07 Å². The highest BCUT2D eigenvalue weighted by Crippen LogP contribution is 2.33. The van der Waals surface area contributed by atoms with Crippen LogP contribution < -0.4 is 0 Å². The van der Waals surface area contributed by atoms with Gasteiger partial charge in [0.1, 0.15) is 5.69 Å². The van der Waals surface area contributed by atoms with E-state index in [-0.39, 0.29) is 0 Å². The summed E-state index contributed by atoms with van der Waals surface area (Å²) in [6.45, 7) is 0. The van der Waals surface area contributed by atoms with E-state index in [0.717, 1.165) is 89.4 Å². The van der Waals surface area contributed by atoms with E-state index in [1.54, 1.807) is 0 Å². The number of rotatable bonds is 4. The number of allylic oxidation sites excluding steroid dienone is 1. The molecule has 174 valence electrons. The number of H-pyrrole nitrogens is 1. The van der Waals surface area contributed by atoms with Gasteiger partial charge in [0.25, 0.3) is 0 Å². The van der Waals surface area contributed by atoms with Crippen LogP contribution in [0.2, 0.25) is 0 Å². The van der Waals surface area contributed by atoms with Gasteiger partial charge in [-0.15, -0.1) is 0 Å². The van der Waals surface area contributed by atoms with Gasteiger partial charge in [0.15, 0.2) is 0 Å². The largest absolute Gasteiger partial charge is 0.305 e. The lowest BCUT2D eigenvalue weighted by molar-refractivity contribution is 0.675. The van der Waals surface area contributed by atoms with Crippen molar-refractivity contribution < 1.29 is 0 Å². The Morgan fingerprint density at radius 3 is 2.20 bits per heavy atom. The molecule has 1 aromatic carbocycles. The van der Waals surface area contributed by atoms with Crippen LogP contribution in [0.15, 0.2) is 66.2 Å². The van der Waals surface area contributed by atoms with Gasteiger partial charge in [-0.25, -0.2) is 9.97 Å². The quantitative estimate of drug-likeness (QED) is 0.343. The summed E-state index contributed by atoms with van der Waals surface area (Å²) in [5.41, 5.74) is 11.2. The number of benzene rings is 1. The van der Waals surface area contributed by atoms with E-state index >= 15 is 0 Å². The molecule has 1 saturated carbocycles. The fraction of sp³-hybridized carbons (Fsp3) is 0.267. The molecule has 6 rings (SSSR count). The molecule has 1 fully saturated rings. The molecule has 0 saturated heterocycles. The number of nitrogens with one attached hydrogen (secondary N) is 2. The molecule has 5 heteroatoms. The first kappa shape index (κ1) is 21.7. The summed E-state index contributed by atoms with van der Waals surface area (Å²) in [4.78, 5) is 10.0. The van der Waals surface area contributed by atoms with Crippen LogP contribution in [0.1, 0.15) is 55.5 Å². The van der Waals surface area contributed by atoms with Crippen molar-refractivity contribution in [3.8, 4) is 33.9 Å². The normalized spacial score (nSPS) is 16.9. The number of fused-ring (bicyclic) bond motifs is 1. The maximum absolute atomic E-state index is 8.29. The molecule has 0 atom stereocenters. The minimum atomic E-state index is 0.755. The highest BCUT2D eigenvalue weighted by molar-refractivity contribution is 6.02. The van der Waals surface area contributed by atoms with Crippen molar-refractivity contribution in [2.75, 3.05) is 0 Å². The van der Waals surface area contributed by atoms with Crippen LogP contribution in [0, 0.1) is 5.41 Å². The highest BCUT2D eigenvalue weighted by atomic mass is 15.1. The van der Waals surface area contributed by atoms with Gasteiger partial charge < -0.3 is 5.41 Å². The Labute approximate surface area is 205 Å². The van der Waals surface area contributed by atoms with E-state index in [4.69, 9.17) is 15.4 Å². The predicted octanol–water partition coefficient (Wildman–Crippen LogP) is 7.06. The van der Waals surface area contributed by atoms with E-state index in [2.05, 4.69) is 70.9 Å². The molecule has 2 aliphatic carbocycles. The van der Waals surface area contributed by atoms with Gasteiger partial charge in [-0.1, -0.05) is 36.4 Å². The maximum Gasteiger partial charge on any atom is 0.114 e. The molecule has 2 aliphatic rings. The predicted molar refractivity (Wildman–Crippen MR) is 141 cm³/mol. The standard InChI is InChI=1S/C30H29N5/c31-25-14-5-1-9-20(25)19-21-10-7-16-26(32-21)22-11-2-3-12-23(22)27-17-8-18-29(33-27)30-24-13-4-6-15-28(24)34-35-30/h2-3,7-8,10-12,16-19,31H,1,4-6,9,13-15H2,(H,34,35)/b20-19+,31-25?. The van der Waals surface area contributed by atoms with Gasteiger partial charge >= 0.3 is 0 Å². The van der Waals surface area contributed by atoms with Gasteiger partial charge in [-0.3, -0.25) is 5.10 Å². The van der Waals surface area contributed by atoms with Crippen LogP contribution in [0.4, 0.5) is 0 Å². The van der Waals surface area contributed by atoms with Gasteiger partial charge in [-0.05, 0) is 87.3 Å². The second-order valence-electron chi connectivity index (χ2n) is 9.49. The van der Waals surface area contributed by atoms with Crippen molar-refractivity contribution in [2.24, 2.45) is 0 Å². The molecular weight excluding hydrogens is 430 g/mol. The molecule has 0 bridgehead atoms. The molecule has 35 heavy (non-hydrogen) atoms. The lowest BCUT2D eigenvalue weighted by Crippen LogP contribution is -2.07. The third-order valence-electron chi connectivity index (χ3n) is 7.13. The molecule has 0 amide bonds. The number of hydrogen-bond donors (Lipinski definition) is 2. The molecule has 3 heterocycles. The van der Waals surface area contributed by atoms with Gasteiger partial charge in [0.05, 0.1) is 22.8 Å². The zero-order valence-electron chi connectivity index (χ0n) is 19.8. The Bertz CT molecular complexity index is 1430. The van der Waals surface area contributed by atoms with Crippen molar-refractivity contribution in [1.29, 1.82) is 5.41 Å². The topological polar surface area (TPSA) is 78.3 Å². The zero-order chi connectivity index (χ0) is 23.6. The summed E-state index contributed by atoms with van der Waals surface area (Å²) in [5.74, 6) is 0. The smallest absolute Gasteiger partial charge is 0.114 e. The van der Waals surface area contributed by atoms with Crippen molar-refractivity contribution in [3.63, 3.8) is 0 Å². The van der Waals surface area contributed by atoms with E-state index < -0.39 is 0 Å². The Morgan fingerprint density at radius 2 is 1.37 bits per heavy atom. The second-order valence-corrected chi connectivity index (χ2v) is 9.49. The summed E-state index contributed by atoms with van der Waals surface area (Å²) in [6, 6.07) is 20.7. The fourth-order valence-electron chi connectivity index (χ4n) is 5.29. The summed E-state index contributed by atoms with van der Waals surface area (Å²) in [5, 5.41) is 16.2. The summed E-state index contributed by atoms with van der Waals surface area (Å²) in [7, 11) is 0. The number of aromatic nitrogens is 4. The second kappa shape index (κ2) is 9.41. The summed E-state index contributed by atoms with van der Waals surface area (Å²) >= 11 is 0. The van der Waals surface area contributed by atoms with Crippen LogP contribution in [0.5, 0.6) is 0 Å². The average Bonchev–Trinajstić information content (AvgIpc) is 3.35.